The molecule has 7 heteroatoms. The van der Waals surface area contributed by atoms with Crippen LogP contribution in [-0.4, -0.2) is 33.2 Å². The van der Waals surface area contributed by atoms with E-state index in [2.05, 4.69) is 400 Å². The van der Waals surface area contributed by atoms with Crippen molar-refractivity contribution in [3.8, 4) is 101 Å². The molecule has 0 saturated heterocycles. The van der Waals surface area contributed by atoms with Crippen LogP contribution in [0.1, 0.15) is 0 Å². The van der Waals surface area contributed by atoms with Gasteiger partial charge in [-0.3, -0.25) is 9.13 Å². The van der Waals surface area contributed by atoms with Crippen molar-refractivity contribution >= 4 is 87.2 Å². The van der Waals surface area contributed by atoms with Gasteiger partial charge in [0, 0.05) is 71.2 Å². The third-order valence-electron chi connectivity index (χ3n) is 20.9. The fraction of sp³-hybridized carbons (Fsp3) is 0. The third-order valence-corrected chi connectivity index (χ3v) is 20.9. The Kier molecular flexibility index (Phi) is 15.1. The number of rotatable bonds is 11. The largest absolute Gasteiger partial charge is 0.309 e. The maximum atomic E-state index is 5.36. The van der Waals surface area contributed by atoms with Crippen molar-refractivity contribution in [2.75, 3.05) is 0 Å². The lowest BCUT2D eigenvalue weighted by molar-refractivity contribution is 0.996. The molecule has 0 saturated carbocycles. The summed E-state index contributed by atoms with van der Waals surface area (Å²) in [5, 5.41) is 9.69. The zero-order chi connectivity index (χ0) is 70.0. The quantitative estimate of drug-likeness (QED) is 0.130. The molecule has 0 atom stereocenters. The highest BCUT2D eigenvalue weighted by Gasteiger charge is 2.22. The molecule has 0 radical (unpaired) electrons. The first-order valence-corrected chi connectivity index (χ1v) is 36.1. The molecule has 0 unspecified atom stereocenters. The van der Waals surface area contributed by atoms with E-state index < -0.39 is 0 Å². The first-order valence-electron chi connectivity index (χ1n) is 36.1. The molecule has 496 valence electrons. The average molecular weight is 1350 g/mol. The first kappa shape index (κ1) is 61.6. The van der Waals surface area contributed by atoms with Crippen molar-refractivity contribution in [3.63, 3.8) is 0 Å². The van der Waals surface area contributed by atoms with Crippen molar-refractivity contribution in [2.45, 2.75) is 0 Å². The van der Waals surface area contributed by atoms with Crippen LogP contribution in [0.15, 0.2) is 394 Å². The van der Waals surface area contributed by atoms with E-state index >= 15 is 0 Å². The van der Waals surface area contributed by atoms with Crippen molar-refractivity contribution in [1.29, 1.82) is 0 Å². The molecule has 6 heterocycles. The van der Waals surface area contributed by atoms with E-state index in [0.29, 0.717) is 5.95 Å². The second-order valence-corrected chi connectivity index (χ2v) is 27.1. The second kappa shape index (κ2) is 26.0. The van der Waals surface area contributed by atoms with Gasteiger partial charge in [-0.1, -0.05) is 291 Å². The van der Waals surface area contributed by atoms with Gasteiger partial charge in [-0.2, -0.15) is 0 Å². The minimum Gasteiger partial charge on any atom is -0.309 e. The highest BCUT2D eigenvalue weighted by atomic mass is 15.2. The Morgan fingerprint density at radius 2 is 0.453 bits per heavy atom. The zero-order valence-corrected chi connectivity index (χ0v) is 57.7. The van der Waals surface area contributed by atoms with Gasteiger partial charge in [-0.15, -0.1) is 0 Å². The van der Waals surface area contributed by atoms with Gasteiger partial charge in [0.2, 0.25) is 5.95 Å². The molecule has 0 fully saturated rings. The molecule has 106 heavy (non-hydrogen) atoms. The minimum absolute atomic E-state index is 0.648. The SMILES string of the molecule is c1ccc(-c2cc(-c3ccccc3)nc(-n3c4ccccc4c4ccc(-c5ccc6c(c5)c5ccccc5n6-c5ccccc5)cc43)n2)cc1.c1ccc(-c2ccc(-n3c4ccccc4c4cc(-c5ccc6c7ccccc7n(-c7cc(-c8ccccc8)cc(-c8ccccc8)n7)c6c5)ccc43)cc2)cc1. The predicted molar refractivity (Wildman–Crippen MR) is 442 cm³/mol. The van der Waals surface area contributed by atoms with Crippen molar-refractivity contribution in [1.82, 2.24) is 33.2 Å². The summed E-state index contributed by atoms with van der Waals surface area (Å²) in [5.74, 6) is 1.54. The number of fused-ring (bicyclic) bond motifs is 12. The van der Waals surface area contributed by atoms with E-state index in [1.165, 1.54) is 81.8 Å². The molecule has 0 amide bonds. The summed E-state index contributed by atoms with van der Waals surface area (Å²) < 4.78 is 9.32. The summed E-state index contributed by atoms with van der Waals surface area (Å²) in [4.78, 5) is 15.8. The lowest BCUT2D eigenvalue weighted by atomic mass is 10.0. The van der Waals surface area contributed by atoms with Crippen molar-refractivity contribution in [3.05, 3.63) is 394 Å². The van der Waals surface area contributed by atoms with Gasteiger partial charge in [0.25, 0.3) is 0 Å². The Hall–Kier alpha value is -14.3. The minimum atomic E-state index is 0.648. The summed E-state index contributed by atoms with van der Waals surface area (Å²) in [6, 6.07) is 141. The normalized spacial score (nSPS) is 11.6. The van der Waals surface area contributed by atoms with Gasteiger partial charge in [0.15, 0.2) is 0 Å². The number of nitrogens with zero attached hydrogens (tertiary/aromatic N) is 7. The number of pyridine rings is 1. The Labute approximate surface area is 612 Å². The highest BCUT2D eigenvalue weighted by Crippen LogP contribution is 2.43. The third kappa shape index (κ3) is 10.8. The first-order chi connectivity index (χ1) is 52.6. The number of hydrogen-bond acceptors (Lipinski definition) is 3. The van der Waals surface area contributed by atoms with Gasteiger partial charge in [-0.05, 0) is 148 Å². The van der Waals surface area contributed by atoms with Gasteiger partial charge in [0.05, 0.1) is 61.2 Å². The van der Waals surface area contributed by atoms with Crippen LogP contribution >= 0.6 is 0 Å². The topological polar surface area (TPSA) is 58.4 Å². The fourth-order valence-corrected chi connectivity index (χ4v) is 15.9. The van der Waals surface area contributed by atoms with Crippen molar-refractivity contribution < 1.29 is 0 Å². The average Bonchev–Trinajstić information content (AvgIpc) is 1.59. The van der Waals surface area contributed by atoms with Gasteiger partial charge >= 0.3 is 0 Å². The molecule has 7 nitrogen and oxygen atoms in total. The second-order valence-electron chi connectivity index (χ2n) is 27.1. The van der Waals surface area contributed by atoms with E-state index in [0.717, 1.165) is 101 Å². The molecular formula is C99H65N7. The lowest BCUT2D eigenvalue weighted by Gasteiger charge is -2.13. The Morgan fingerprint density at radius 3 is 0.915 bits per heavy atom. The molecule has 0 spiro atoms. The summed E-state index contributed by atoms with van der Waals surface area (Å²) in [5.41, 5.74) is 26.8. The lowest BCUT2D eigenvalue weighted by Crippen LogP contribution is -2.04. The molecule has 0 aliphatic carbocycles. The van der Waals surface area contributed by atoms with Crippen LogP contribution in [0.4, 0.5) is 0 Å². The van der Waals surface area contributed by atoms with E-state index in [1.807, 2.05) is 12.1 Å². The molecule has 0 aliphatic rings. The Bertz CT molecular complexity index is 6780. The van der Waals surface area contributed by atoms with E-state index in [-0.39, 0.29) is 0 Å². The van der Waals surface area contributed by atoms with Crippen LogP contribution in [0.5, 0.6) is 0 Å². The molecule has 15 aromatic carbocycles. The van der Waals surface area contributed by atoms with Crippen LogP contribution in [0, 0.1) is 0 Å². The Morgan fingerprint density at radius 1 is 0.151 bits per heavy atom. The standard InChI is InChI=1S/C53H35N3.C46H30N4/c1-4-14-36(15-5-1)38-24-28-43(29-25-38)55-49-22-12-11-21-45(49)47-32-40(27-31-51(47)55)41-26-30-46-44-20-10-13-23-50(44)56(52(46)34-41)53-35-42(37-16-6-2-7-17-37)33-48(54-53)39-18-8-3-9-19-39;1-4-14-31(15-5-1)40-30-41(32-16-6-2-7-17-32)48-46(47-40)50-43-23-13-10-20-36(43)38-26-24-34(29-45(38)50)33-25-27-44-39(28-33)37-21-11-12-22-42(37)49(44)35-18-8-3-9-19-35/h1-35H;1-30H. The monoisotopic (exact) mass is 1350 g/mol. The summed E-state index contributed by atoms with van der Waals surface area (Å²) >= 11 is 0. The van der Waals surface area contributed by atoms with Gasteiger partial charge in [-0.25, -0.2) is 15.0 Å². The van der Waals surface area contributed by atoms with E-state index in [1.54, 1.807) is 0 Å². The van der Waals surface area contributed by atoms with E-state index in [4.69, 9.17) is 15.0 Å². The van der Waals surface area contributed by atoms with Crippen LogP contribution in [-0.2, 0) is 0 Å². The summed E-state index contributed by atoms with van der Waals surface area (Å²) in [6.45, 7) is 0. The molecule has 0 N–H and O–H groups in total. The smallest absolute Gasteiger partial charge is 0.235 e. The highest BCUT2D eigenvalue weighted by molar-refractivity contribution is 6.15. The predicted octanol–water partition coefficient (Wildman–Crippen LogP) is 25.6. The Balaban J connectivity index is 0.000000141. The van der Waals surface area contributed by atoms with Crippen LogP contribution in [0.2, 0.25) is 0 Å². The van der Waals surface area contributed by atoms with Crippen LogP contribution in [0.3, 0.4) is 0 Å². The number of benzene rings is 15. The van der Waals surface area contributed by atoms with Crippen molar-refractivity contribution in [2.24, 2.45) is 0 Å². The molecular weight excluding hydrogens is 1290 g/mol. The molecule has 21 aromatic rings. The molecule has 0 aliphatic heterocycles. The molecule has 21 rings (SSSR count). The fourth-order valence-electron chi connectivity index (χ4n) is 15.9. The maximum Gasteiger partial charge on any atom is 0.235 e. The summed E-state index contributed by atoms with van der Waals surface area (Å²) in [7, 11) is 0. The number of aromatic nitrogens is 7. The van der Waals surface area contributed by atoms with Crippen LogP contribution in [0.25, 0.3) is 189 Å². The molecule has 0 bridgehead atoms. The maximum absolute atomic E-state index is 5.36. The molecule has 6 aromatic heterocycles. The number of para-hydroxylation sites is 5. The van der Waals surface area contributed by atoms with Gasteiger partial charge < -0.3 is 9.13 Å². The zero-order valence-electron chi connectivity index (χ0n) is 57.7. The summed E-state index contributed by atoms with van der Waals surface area (Å²) in [6.07, 6.45) is 0. The van der Waals surface area contributed by atoms with Crippen LogP contribution < -0.4 is 0 Å². The van der Waals surface area contributed by atoms with E-state index in [9.17, 15) is 0 Å². The number of hydrogen-bond donors (Lipinski definition) is 0. The van der Waals surface area contributed by atoms with Gasteiger partial charge in [0.1, 0.15) is 5.82 Å².